The minimum absolute atomic E-state index is 0.759. The standard InChI is InChI=1S/C17H23N7O/c1-14-12-18-13-16(20-14)22-4-6-24(7-5-22)17-19-3-2-15(21-17)23-8-10-25-11-9-23/h2-3,12-13H,4-11H2,1H3. The molecule has 4 rings (SSSR count). The van der Waals surface area contributed by atoms with Crippen molar-refractivity contribution in [3.05, 3.63) is 30.4 Å². The molecule has 0 atom stereocenters. The van der Waals surface area contributed by atoms with E-state index in [0.717, 1.165) is 75.8 Å². The maximum atomic E-state index is 5.42. The van der Waals surface area contributed by atoms with Crippen LogP contribution in [0, 0.1) is 6.92 Å². The number of piperazine rings is 1. The van der Waals surface area contributed by atoms with Crippen LogP contribution in [0.4, 0.5) is 17.6 Å². The lowest BCUT2D eigenvalue weighted by Gasteiger charge is -2.35. The summed E-state index contributed by atoms with van der Waals surface area (Å²) in [5.41, 5.74) is 0.946. The molecule has 0 amide bonds. The second-order valence-corrected chi connectivity index (χ2v) is 6.31. The summed E-state index contributed by atoms with van der Waals surface area (Å²) in [6.07, 6.45) is 5.47. The molecule has 0 saturated carbocycles. The Morgan fingerprint density at radius 3 is 2.32 bits per heavy atom. The van der Waals surface area contributed by atoms with Crippen LogP contribution in [0.1, 0.15) is 5.69 Å². The molecule has 0 aliphatic carbocycles. The van der Waals surface area contributed by atoms with Gasteiger partial charge in [0, 0.05) is 51.7 Å². The maximum Gasteiger partial charge on any atom is 0.227 e. The second-order valence-electron chi connectivity index (χ2n) is 6.31. The van der Waals surface area contributed by atoms with Crippen LogP contribution in [0.2, 0.25) is 0 Å². The predicted octanol–water partition coefficient (Wildman–Crippen LogP) is 0.738. The van der Waals surface area contributed by atoms with E-state index in [1.807, 2.05) is 25.4 Å². The number of morpholine rings is 1. The van der Waals surface area contributed by atoms with Crippen molar-refractivity contribution in [1.82, 2.24) is 19.9 Å². The number of hydrogen-bond acceptors (Lipinski definition) is 8. The third-order valence-electron chi connectivity index (χ3n) is 4.59. The number of aromatic nitrogens is 4. The lowest BCUT2D eigenvalue weighted by atomic mass is 10.3. The van der Waals surface area contributed by atoms with Crippen molar-refractivity contribution >= 4 is 17.6 Å². The molecule has 0 unspecified atom stereocenters. The summed E-state index contributed by atoms with van der Waals surface area (Å²) in [4.78, 5) is 24.8. The first-order valence-corrected chi connectivity index (χ1v) is 8.74. The van der Waals surface area contributed by atoms with E-state index in [1.165, 1.54) is 0 Å². The molecular weight excluding hydrogens is 318 g/mol. The molecule has 4 heterocycles. The zero-order chi connectivity index (χ0) is 17.1. The SMILES string of the molecule is Cc1cncc(N2CCN(c3nccc(N4CCOCC4)n3)CC2)n1. The highest BCUT2D eigenvalue weighted by molar-refractivity contribution is 5.46. The molecular formula is C17H23N7O. The molecule has 0 spiro atoms. The number of rotatable bonds is 3. The summed E-state index contributed by atoms with van der Waals surface area (Å²) in [5, 5.41) is 0. The first-order chi connectivity index (χ1) is 12.3. The minimum Gasteiger partial charge on any atom is -0.378 e. The van der Waals surface area contributed by atoms with Gasteiger partial charge in [-0.15, -0.1) is 0 Å². The normalized spacial score (nSPS) is 18.5. The van der Waals surface area contributed by atoms with Crippen molar-refractivity contribution in [1.29, 1.82) is 0 Å². The quantitative estimate of drug-likeness (QED) is 0.810. The lowest BCUT2D eigenvalue weighted by Crippen LogP contribution is -2.47. The molecule has 8 heteroatoms. The third kappa shape index (κ3) is 3.63. The fourth-order valence-electron chi connectivity index (χ4n) is 3.20. The Morgan fingerprint density at radius 1 is 0.840 bits per heavy atom. The van der Waals surface area contributed by atoms with Gasteiger partial charge in [0.1, 0.15) is 11.6 Å². The summed E-state index contributed by atoms with van der Waals surface area (Å²) < 4.78 is 5.42. The Hall–Kier alpha value is -2.48. The van der Waals surface area contributed by atoms with E-state index in [1.54, 1.807) is 6.20 Å². The molecule has 2 saturated heterocycles. The second kappa shape index (κ2) is 7.18. The third-order valence-corrected chi connectivity index (χ3v) is 4.59. The van der Waals surface area contributed by atoms with Crippen LogP contribution in [0.5, 0.6) is 0 Å². The first kappa shape index (κ1) is 16.0. The van der Waals surface area contributed by atoms with Gasteiger partial charge in [-0.25, -0.2) is 9.97 Å². The predicted molar refractivity (Wildman–Crippen MR) is 96.3 cm³/mol. The maximum absolute atomic E-state index is 5.42. The number of ether oxygens (including phenoxy) is 1. The van der Waals surface area contributed by atoms with Crippen molar-refractivity contribution in [3.63, 3.8) is 0 Å². The Kier molecular flexibility index (Phi) is 4.60. The summed E-state index contributed by atoms with van der Waals surface area (Å²) in [7, 11) is 0. The largest absolute Gasteiger partial charge is 0.378 e. The van der Waals surface area contributed by atoms with Crippen LogP contribution in [0.15, 0.2) is 24.7 Å². The molecule has 0 aromatic carbocycles. The van der Waals surface area contributed by atoms with Gasteiger partial charge in [0.25, 0.3) is 0 Å². The van der Waals surface area contributed by atoms with Crippen molar-refractivity contribution in [2.24, 2.45) is 0 Å². The molecule has 2 aromatic heterocycles. The van der Waals surface area contributed by atoms with E-state index in [2.05, 4.69) is 29.7 Å². The van der Waals surface area contributed by atoms with E-state index in [-0.39, 0.29) is 0 Å². The smallest absolute Gasteiger partial charge is 0.227 e. The van der Waals surface area contributed by atoms with Gasteiger partial charge in [0.05, 0.1) is 25.1 Å². The van der Waals surface area contributed by atoms with E-state index in [4.69, 9.17) is 9.72 Å². The van der Waals surface area contributed by atoms with Gasteiger partial charge in [-0.2, -0.15) is 4.98 Å². The first-order valence-electron chi connectivity index (χ1n) is 8.74. The summed E-state index contributed by atoms with van der Waals surface area (Å²) in [6.45, 7) is 8.80. The zero-order valence-corrected chi connectivity index (χ0v) is 14.5. The molecule has 0 N–H and O–H groups in total. The monoisotopic (exact) mass is 341 g/mol. The van der Waals surface area contributed by atoms with Crippen molar-refractivity contribution in [2.45, 2.75) is 6.92 Å². The molecule has 2 aliphatic rings. The molecule has 2 aliphatic heterocycles. The Bertz CT molecular complexity index is 712. The van der Waals surface area contributed by atoms with Crippen LogP contribution < -0.4 is 14.7 Å². The molecule has 2 fully saturated rings. The van der Waals surface area contributed by atoms with E-state index in [0.29, 0.717) is 0 Å². The van der Waals surface area contributed by atoms with Crippen LogP contribution in [-0.2, 0) is 4.74 Å². The van der Waals surface area contributed by atoms with Gasteiger partial charge in [-0.05, 0) is 13.0 Å². The van der Waals surface area contributed by atoms with Crippen LogP contribution in [0.3, 0.4) is 0 Å². The Morgan fingerprint density at radius 2 is 1.56 bits per heavy atom. The zero-order valence-electron chi connectivity index (χ0n) is 14.5. The van der Waals surface area contributed by atoms with Gasteiger partial charge < -0.3 is 19.4 Å². The minimum atomic E-state index is 0.759. The number of nitrogens with zero attached hydrogens (tertiary/aromatic N) is 7. The van der Waals surface area contributed by atoms with Crippen LogP contribution >= 0.6 is 0 Å². The molecule has 25 heavy (non-hydrogen) atoms. The van der Waals surface area contributed by atoms with Crippen molar-refractivity contribution in [2.75, 3.05) is 67.2 Å². The van der Waals surface area contributed by atoms with Gasteiger partial charge in [-0.3, -0.25) is 4.98 Å². The average Bonchev–Trinajstić information content (AvgIpc) is 2.69. The van der Waals surface area contributed by atoms with Crippen LogP contribution in [-0.4, -0.2) is 72.4 Å². The van der Waals surface area contributed by atoms with E-state index >= 15 is 0 Å². The number of aryl methyl sites for hydroxylation is 1. The summed E-state index contributed by atoms with van der Waals surface area (Å²) >= 11 is 0. The van der Waals surface area contributed by atoms with Crippen LogP contribution in [0.25, 0.3) is 0 Å². The van der Waals surface area contributed by atoms with E-state index in [9.17, 15) is 0 Å². The highest BCUT2D eigenvalue weighted by atomic mass is 16.5. The fourth-order valence-corrected chi connectivity index (χ4v) is 3.20. The summed E-state index contributed by atoms with van der Waals surface area (Å²) in [6, 6.07) is 1.98. The molecule has 0 bridgehead atoms. The molecule has 132 valence electrons. The molecule has 0 radical (unpaired) electrons. The van der Waals surface area contributed by atoms with E-state index < -0.39 is 0 Å². The van der Waals surface area contributed by atoms with Gasteiger partial charge >= 0.3 is 0 Å². The topological polar surface area (TPSA) is 70.5 Å². The average molecular weight is 341 g/mol. The fraction of sp³-hybridized carbons (Fsp3) is 0.529. The molecule has 2 aromatic rings. The highest BCUT2D eigenvalue weighted by Crippen LogP contribution is 2.19. The van der Waals surface area contributed by atoms with Gasteiger partial charge in [0.2, 0.25) is 5.95 Å². The van der Waals surface area contributed by atoms with Crippen molar-refractivity contribution < 1.29 is 4.74 Å². The number of hydrogen-bond donors (Lipinski definition) is 0. The number of anilines is 3. The van der Waals surface area contributed by atoms with Gasteiger partial charge in [-0.1, -0.05) is 0 Å². The van der Waals surface area contributed by atoms with Crippen molar-refractivity contribution in [3.8, 4) is 0 Å². The lowest BCUT2D eigenvalue weighted by molar-refractivity contribution is 0.122. The Labute approximate surface area is 147 Å². The summed E-state index contributed by atoms with van der Waals surface area (Å²) in [5.74, 6) is 2.74. The molecule has 8 nitrogen and oxygen atoms in total. The highest BCUT2D eigenvalue weighted by Gasteiger charge is 2.21. The Balaban J connectivity index is 1.42. The van der Waals surface area contributed by atoms with Gasteiger partial charge in [0.15, 0.2) is 0 Å².